The second-order valence-electron chi connectivity index (χ2n) is 7.51. The highest BCUT2D eigenvalue weighted by Gasteiger charge is 2.53. The number of aryl methyl sites for hydroxylation is 1. The van der Waals surface area contributed by atoms with Gasteiger partial charge in [-0.15, -0.1) is 0 Å². The minimum atomic E-state index is 0.338. The standard InChI is InChI=1S/C16H26N4/c1-11-18-15(19-20(11)4-3-17-2)16-8-12-5-13(9-16)7-14(6-12)10-16/h12-14,17H,3-10H2,1-2H3. The van der Waals surface area contributed by atoms with Crippen LogP contribution in [0.15, 0.2) is 0 Å². The molecule has 4 aliphatic carbocycles. The quantitative estimate of drug-likeness (QED) is 0.916. The molecule has 0 aliphatic heterocycles. The summed E-state index contributed by atoms with van der Waals surface area (Å²) in [7, 11) is 1.99. The molecule has 20 heavy (non-hydrogen) atoms. The number of hydrogen-bond acceptors (Lipinski definition) is 3. The topological polar surface area (TPSA) is 42.7 Å². The van der Waals surface area contributed by atoms with Crippen LogP contribution in [0.3, 0.4) is 0 Å². The lowest BCUT2D eigenvalue weighted by Crippen LogP contribution is -2.49. The maximum atomic E-state index is 4.90. The van der Waals surface area contributed by atoms with Crippen molar-refractivity contribution in [2.24, 2.45) is 17.8 Å². The van der Waals surface area contributed by atoms with Crippen molar-refractivity contribution in [3.63, 3.8) is 0 Å². The van der Waals surface area contributed by atoms with Gasteiger partial charge in [-0.1, -0.05) is 0 Å². The van der Waals surface area contributed by atoms with Crippen LogP contribution < -0.4 is 5.32 Å². The summed E-state index contributed by atoms with van der Waals surface area (Å²) in [4.78, 5) is 4.88. The predicted molar refractivity (Wildman–Crippen MR) is 78.5 cm³/mol. The number of rotatable bonds is 4. The second kappa shape index (κ2) is 4.55. The summed E-state index contributed by atoms with van der Waals surface area (Å²) in [6.45, 7) is 4.00. The summed E-state index contributed by atoms with van der Waals surface area (Å²) in [6.07, 6.45) is 8.52. The molecular formula is C16H26N4. The highest BCUT2D eigenvalue weighted by molar-refractivity contribution is 5.17. The molecule has 1 heterocycles. The molecule has 0 aromatic carbocycles. The van der Waals surface area contributed by atoms with Crippen molar-refractivity contribution >= 4 is 0 Å². The highest BCUT2D eigenvalue weighted by atomic mass is 15.4. The number of likely N-dealkylation sites (N-methyl/N-ethyl adjacent to an activating group) is 1. The van der Waals surface area contributed by atoms with Gasteiger partial charge < -0.3 is 5.32 Å². The summed E-state index contributed by atoms with van der Waals surface area (Å²) in [6, 6.07) is 0. The van der Waals surface area contributed by atoms with E-state index in [4.69, 9.17) is 10.1 Å². The number of hydrogen-bond donors (Lipinski definition) is 1. The smallest absolute Gasteiger partial charge is 0.157 e. The zero-order valence-corrected chi connectivity index (χ0v) is 12.7. The van der Waals surface area contributed by atoms with Gasteiger partial charge in [0.15, 0.2) is 5.82 Å². The summed E-state index contributed by atoms with van der Waals surface area (Å²) < 4.78 is 2.10. The maximum absolute atomic E-state index is 4.90. The number of nitrogens with zero attached hydrogens (tertiary/aromatic N) is 3. The van der Waals surface area contributed by atoms with E-state index in [0.29, 0.717) is 5.41 Å². The normalized spacial score (nSPS) is 38.6. The molecule has 5 rings (SSSR count). The number of aromatic nitrogens is 3. The SMILES string of the molecule is CNCCn1nc(C23CC4CC(CC(C4)C2)C3)nc1C. The van der Waals surface area contributed by atoms with E-state index in [1.54, 1.807) is 0 Å². The van der Waals surface area contributed by atoms with Crippen molar-refractivity contribution in [3.05, 3.63) is 11.6 Å². The molecule has 4 heteroatoms. The molecule has 1 N–H and O–H groups in total. The molecule has 4 bridgehead atoms. The minimum Gasteiger partial charge on any atom is -0.318 e. The first-order valence-electron chi connectivity index (χ1n) is 8.25. The molecule has 1 aromatic rings. The molecule has 0 spiro atoms. The van der Waals surface area contributed by atoms with E-state index >= 15 is 0 Å². The number of nitrogens with one attached hydrogen (secondary N) is 1. The van der Waals surface area contributed by atoms with Crippen molar-refractivity contribution in [2.45, 2.75) is 57.4 Å². The lowest BCUT2D eigenvalue weighted by atomic mass is 9.49. The Kier molecular flexibility index (Phi) is 2.92. The van der Waals surface area contributed by atoms with Gasteiger partial charge in [0.05, 0.1) is 6.54 Å². The van der Waals surface area contributed by atoms with Gasteiger partial charge in [0.2, 0.25) is 0 Å². The van der Waals surface area contributed by atoms with Gasteiger partial charge >= 0.3 is 0 Å². The summed E-state index contributed by atoms with van der Waals surface area (Å²) >= 11 is 0. The third-order valence-electron chi connectivity index (χ3n) is 5.94. The first-order chi connectivity index (χ1) is 9.68. The predicted octanol–water partition coefficient (Wildman–Crippen LogP) is 2.27. The van der Waals surface area contributed by atoms with Crippen LogP contribution >= 0.6 is 0 Å². The zero-order chi connectivity index (χ0) is 13.7. The summed E-state index contributed by atoms with van der Waals surface area (Å²) in [5.74, 6) is 5.15. The average Bonchev–Trinajstić information content (AvgIpc) is 2.77. The van der Waals surface area contributed by atoms with Crippen LogP contribution in [-0.2, 0) is 12.0 Å². The molecule has 4 aliphatic rings. The van der Waals surface area contributed by atoms with Crippen LogP contribution in [0, 0.1) is 24.7 Å². The van der Waals surface area contributed by atoms with Crippen molar-refractivity contribution in [1.29, 1.82) is 0 Å². The van der Waals surface area contributed by atoms with Crippen LogP contribution in [0.5, 0.6) is 0 Å². The average molecular weight is 274 g/mol. The molecule has 1 aromatic heterocycles. The van der Waals surface area contributed by atoms with Gasteiger partial charge in [0.25, 0.3) is 0 Å². The van der Waals surface area contributed by atoms with Crippen molar-refractivity contribution in [2.75, 3.05) is 13.6 Å². The maximum Gasteiger partial charge on any atom is 0.157 e. The van der Waals surface area contributed by atoms with Crippen molar-refractivity contribution in [3.8, 4) is 0 Å². The van der Waals surface area contributed by atoms with E-state index in [2.05, 4.69) is 16.9 Å². The minimum absolute atomic E-state index is 0.338. The second-order valence-corrected chi connectivity index (χ2v) is 7.51. The summed E-state index contributed by atoms with van der Waals surface area (Å²) in [5, 5.41) is 8.10. The first-order valence-corrected chi connectivity index (χ1v) is 8.25. The van der Waals surface area contributed by atoms with Crippen LogP contribution in [0.4, 0.5) is 0 Å². The molecule has 4 fully saturated rings. The van der Waals surface area contributed by atoms with Gasteiger partial charge in [-0.2, -0.15) is 5.10 Å². The van der Waals surface area contributed by atoms with Crippen molar-refractivity contribution < 1.29 is 0 Å². The highest BCUT2D eigenvalue weighted by Crippen LogP contribution is 2.60. The Balaban J connectivity index is 1.63. The Labute approximate surface area is 121 Å². The molecule has 4 saturated carbocycles. The monoisotopic (exact) mass is 274 g/mol. The molecule has 0 radical (unpaired) electrons. The fourth-order valence-electron chi connectivity index (χ4n) is 5.46. The third-order valence-corrected chi connectivity index (χ3v) is 5.94. The van der Waals surface area contributed by atoms with E-state index < -0.39 is 0 Å². The first kappa shape index (κ1) is 12.8. The molecule has 0 atom stereocenters. The molecule has 4 nitrogen and oxygen atoms in total. The van der Waals surface area contributed by atoms with E-state index in [0.717, 1.165) is 36.7 Å². The molecule has 0 amide bonds. The Morgan fingerprint density at radius 2 is 1.75 bits per heavy atom. The lowest BCUT2D eigenvalue weighted by Gasteiger charge is -2.55. The molecule has 110 valence electrons. The van der Waals surface area contributed by atoms with Gasteiger partial charge in [-0.25, -0.2) is 9.67 Å². The van der Waals surface area contributed by atoms with E-state index in [1.165, 1.54) is 44.3 Å². The van der Waals surface area contributed by atoms with Gasteiger partial charge in [-0.3, -0.25) is 0 Å². The molecule has 0 unspecified atom stereocenters. The van der Waals surface area contributed by atoms with Crippen LogP contribution in [-0.4, -0.2) is 28.4 Å². The fourth-order valence-corrected chi connectivity index (χ4v) is 5.46. The fraction of sp³-hybridized carbons (Fsp3) is 0.875. The van der Waals surface area contributed by atoms with Crippen LogP contribution in [0.1, 0.15) is 50.2 Å². The van der Waals surface area contributed by atoms with Crippen LogP contribution in [0.25, 0.3) is 0 Å². The molecule has 0 saturated heterocycles. The third kappa shape index (κ3) is 1.92. The van der Waals surface area contributed by atoms with Gasteiger partial charge in [-0.05, 0) is 70.3 Å². The Morgan fingerprint density at radius 3 is 2.30 bits per heavy atom. The van der Waals surface area contributed by atoms with Gasteiger partial charge in [0, 0.05) is 12.0 Å². The van der Waals surface area contributed by atoms with Crippen LogP contribution in [0.2, 0.25) is 0 Å². The summed E-state index contributed by atoms with van der Waals surface area (Å²) in [5.41, 5.74) is 0.338. The largest absolute Gasteiger partial charge is 0.318 e. The van der Waals surface area contributed by atoms with E-state index in [-0.39, 0.29) is 0 Å². The Hall–Kier alpha value is -0.900. The lowest BCUT2D eigenvalue weighted by molar-refractivity contribution is -0.00945. The molecular weight excluding hydrogens is 248 g/mol. The van der Waals surface area contributed by atoms with E-state index in [9.17, 15) is 0 Å². The van der Waals surface area contributed by atoms with E-state index in [1.807, 2.05) is 7.05 Å². The van der Waals surface area contributed by atoms with Gasteiger partial charge in [0.1, 0.15) is 5.82 Å². The van der Waals surface area contributed by atoms with Crippen molar-refractivity contribution in [1.82, 2.24) is 20.1 Å². The Bertz CT molecular complexity index is 469. The zero-order valence-electron chi connectivity index (χ0n) is 12.7. The Morgan fingerprint density at radius 1 is 1.15 bits per heavy atom.